The van der Waals surface area contributed by atoms with Crippen LogP contribution >= 0.6 is 0 Å². The molecule has 5 heteroatoms. The Hall–Kier alpha value is -1.39. The molecule has 2 nitrogen and oxygen atoms in total. The van der Waals surface area contributed by atoms with E-state index in [1.165, 1.54) is 18.6 Å². The third kappa shape index (κ3) is 2.33. The molecule has 17 heavy (non-hydrogen) atoms. The maximum absolute atomic E-state index is 12.0. The van der Waals surface area contributed by atoms with Crippen molar-refractivity contribution in [1.82, 2.24) is 0 Å². The van der Waals surface area contributed by atoms with Gasteiger partial charge in [-0.15, -0.1) is 13.2 Å². The van der Waals surface area contributed by atoms with E-state index >= 15 is 0 Å². The highest BCUT2D eigenvalue weighted by atomic mass is 19.4. The summed E-state index contributed by atoms with van der Waals surface area (Å²) < 4.78 is 39.7. The highest BCUT2D eigenvalue weighted by Gasteiger charge is 2.45. The molecule has 0 N–H and O–H groups in total. The van der Waals surface area contributed by atoms with Crippen LogP contribution in [0.4, 0.5) is 18.9 Å². The molecule has 0 unspecified atom stereocenters. The lowest BCUT2D eigenvalue weighted by Gasteiger charge is -2.20. The Kier molecular flexibility index (Phi) is 2.24. The number of rotatable bonds is 2. The maximum atomic E-state index is 12.0. The molecule has 2 atom stereocenters. The molecule has 1 aromatic carbocycles. The number of alkyl halides is 3. The Morgan fingerprint density at radius 2 is 1.65 bits per heavy atom. The van der Waals surface area contributed by atoms with Crippen molar-refractivity contribution in [3.8, 4) is 5.75 Å². The molecule has 0 amide bonds. The highest BCUT2D eigenvalue weighted by Crippen LogP contribution is 2.46. The van der Waals surface area contributed by atoms with E-state index in [9.17, 15) is 13.2 Å². The first-order chi connectivity index (χ1) is 8.01. The van der Waals surface area contributed by atoms with E-state index < -0.39 is 6.36 Å². The van der Waals surface area contributed by atoms with Crippen molar-refractivity contribution in [3.05, 3.63) is 24.3 Å². The van der Waals surface area contributed by atoms with E-state index in [0.717, 1.165) is 30.6 Å². The fourth-order valence-electron chi connectivity index (χ4n) is 2.47. The Morgan fingerprint density at radius 3 is 2.18 bits per heavy atom. The maximum Gasteiger partial charge on any atom is 0.573 e. The highest BCUT2D eigenvalue weighted by molar-refractivity contribution is 5.50. The predicted octanol–water partition coefficient (Wildman–Crippen LogP) is 3.04. The van der Waals surface area contributed by atoms with Crippen LogP contribution in [-0.2, 0) is 0 Å². The molecule has 0 radical (unpaired) electrons. The number of nitrogens with zero attached hydrogens (tertiary/aromatic N) is 1. The van der Waals surface area contributed by atoms with Crippen molar-refractivity contribution in [2.45, 2.75) is 12.8 Å². The molecule has 0 spiro atoms. The molecule has 2 fully saturated rings. The number of piperidine rings is 1. The molecule has 1 aliphatic heterocycles. The second-order valence-electron chi connectivity index (χ2n) is 4.70. The fourth-order valence-corrected chi connectivity index (χ4v) is 2.47. The quantitative estimate of drug-likeness (QED) is 0.791. The van der Waals surface area contributed by atoms with Gasteiger partial charge in [0.1, 0.15) is 5.75 Å². The number of ether oxygens (including phenoxy) is 1. The third-order valence-electron chi connectivity index (χ3n) is 3.41. The summed E-state index contributed by atoms with van der Waals surface area (Å²) in [6, 6.07) is 6.11. The number of anilines is 1. The van der Waals surface area contributed by atoms with Crippen LogP contribution in [0.25, 0.3) is 0 Å². The SMILES string of the molecule is FC(F)(F)Oc1ccc(N2C[C@H]3C[C@H]3C2)cc1. The minimum Gasteiger partial charge on any atom is -0.406 e. The number of fused-ring (bicyclic) bond motifs is 1. The van der Waals surface area contributed by atoms with E-state index in [1.54, 1.807) is 12.1 Å². The topological polar surface area (TPSA) is 12.5 Å². The average molecular weight is 243 g/mol. The van der Waals surface area contributed by atoms with Gasteiger partial charge in [-0.2, -0.15) is 0 Å². The zero-order chi connectivity index (χ0) is 12.0. The molecule has 1 aromatic rings. The fraction of sp³-hybridized carbons (Fsp3) is 0.500. The summed E-state index contributed by atoms with van der Waals surface area (Å²) in [5.41, 5.74) is 0.978. The summed E-state index contributed by atoms with van der Waals surface area (Å²) in [7, 11) is 0. The summed E-state index contributed by atoms with van der Waals surface area (Å²) in [6.45, 7) is 2.06. The van der Waals surface area contributed by atoms with Crippen LogP contribution in [0.1, 0.15) is 6.42 Å². The van der Waals surface area contributed by atoms with Gasteiger partial charge in [-0.25, -0.2) is 0 Å². The van der Waals surface area contributed by atoms with Gasteiger partial charge in [0.05, 0.1) is 0 Å². The Bertz CT molecular complexity index is 405. The van der Waals surface area contributed by atoms with Gasteiger partial charge in [-0.1, -0.05) is 0 Å². The Morgan fingerprint density at radius 1 is 1.06 bits per heavy atom. The van der Waals surface area contributed by atoms with E-state index in [0.29, 0.717) is 0 Å². The van der Waals surface area contributed by atoms with Gasteiger partial charge in [0, 0.05) is 18.8 Å². The molecule has 1 heterocycles. The first-order valence-electron chi connectivity index (χ1n) is 5.62. The smallest absolute Gasteiger partial charge is 0.406 e. The zero-order valence-electron chi connectivity index (χ0n) is 9.07. The van der Waals surface area contributed by atoms with Crippen molar-refractivity contribution < 1.29 is 17.9 Å². The lowest BCUT2D eigenvalue weighted by atomic mass is 10.2. The van der Waals surface area contributed by atoms with Gasteiger partial charge >= 0.3 is 6.36 Å². The van der Waals surface area contributed by atoms with Crippen LogP contribution in [-0.4, -0.2) is 19.5 Å². The van der Waals surface area contributed by atoms with Crippen LogP contribution < -0.4 is 9.64 Å². The summed E-state index contributed by atoms with van der Waals surface area (Å²) in [6.07, 6.45) is -3.30. The molecular weight excluding hydrogens is 231 g/mol. The lowest BCUT2D eigenvalue weighted by molar-refractivity contribution is -0.274. The lowest BCUT2D eigenvalue weighted by Crippen LogP contribution is -2.21. The van der Waals surface area contributed by atoms with E-state index in [1.807, 2.05) is 0 Å². The van der Waals surface area contributed by atoms with Crippen molar-refractivity contribution in [2.24, 2.45) is 11.8 Å². The molecule has 92 valence electrons. The third-order valence-corrected chi connectivity index (χ3v) is 3.41. The minimum absolute atomic E-state index is 0.161. The monoisotopic (exact) mass is 243 g/mol. The van der Waals surface area contributed by atoms with Gasteiger partial charge in [-0.3, -0.25) is 0 Å². The van der Waals surface area contributed by atoms with Gasteiger partial charge < -0.3 is 9.64 Å². The molecule has 1 saturated heterocycles. The number of halogens is 3. The van der Waals surface area contributed by atoms with E-state index in [4.69, 9.17) is 0 Å². The second-order valence-corrected chi connectivity index (χ2v) is 4.70. The molecule has 1 saturated carbocycles. The van der Waals surface area contributed by atoms with Gasteiger partial charge in [0.2, 0.25) is 0 Å². The van der Waals surface area contributed by atoms with Gasteiger partial charge in [-0.05, 0) is 42.5 Å². The Balaban J connectivity index is 1.67. The number of hydrogen-bond donors (Lipinski definition) is 0. The van der Waals surface area contributed by atoms with Gasteiger partial charge in [0.15, 0.2) is 0 Å². The molecule has 0 bridgehead atoms. The van der Waals surface area contributed by atoms with Crippen molar-refractivity contribution in [1.29, 1.82) is 0 Å². The molecule has 3 rings (SSSR count). The predicted molar refractivity (Wildman–Crippen MR) is 56.9 cm³/mol. The average Bonchev–Trinajstić information content (AvgIpc) is 2.85. The number of hydrogen-bond acceptors (Lipinski definition) is 2. The second kappa shape index (κ2) is 3.55. The number of benzene rings is 1. The first-order valence-corrected chi connectivity index (χ1v) is 5.62. The molecule has 2 aliphatic rings. The zero-order valence-corrected chi connectivity index (χ0v) is 9.07. The summed E-state index contributed by atoms with van der Waals surface area (Å²) in [5.74, 6) is 1.45. The summed E-state index contributed by atoms with van der Waals surface area (Å²) in [5, 5.41) is 0. The normalized spacial score (nSPS) is 26.9. The Labute approximate surface area is 97.0 Å². The minimum atomic E-state index is -4.61. The van der Waals surface area contributed by atoms with E-state index in [-0.39, 0.29) is 5.75 Å². The van der Waals surface area contributed by atoms with Crippen molar-refractivity contribution >= 4 is 5.69 Å². The van der Waals surface area contributed by atoms with Crippen LogP contribution in [0.3, 0.4) is 0 Å². The van der Waals surface area contributed by atoms with Crippen molar-refractivity contribution in [3.63, 3.8) is 0 Å². The van der Waals surface area contributed by atoms with Crippen LogP contribution in [0.5, 0.6) is 5.75 Å². The molecule has 0 aromatic heterocycles. The molecular formula is C12H12F3NO. The molecule has 1 aliphatic carbocycles. The summed E-state index contributed by atoms with van der Waals surface area (Å²) >= 11 is 0. The van der Waals surface area contributed by atoms with Crippen LogP contribution in [0.2, 0.25) is 0 Å². The summed E-state index contributed by atoms with van der Waals surface area (Å²) in [4.78, 5) is 2.22. The standard InChI is InChI=1S/C12H12F3NO/c13-12(14,15)17-11-3-1-10(2-4-11)16-6-8-5-9(8)7-16/h1-4,8-9H,5-7H2/t8-,9+. The van der Waals surface area contributed by atoms with Crippen LogP contribution in [0.15, 0.2) is 24.3 Å². The van der Waals surface area contributed by atoms with E-state index in [2.05, 4.69) is 9.64 Å². The van der Waals surface area contributed by atoms with Gasteiger partial charge in [0.25, 0.3) is 0 Å². The first kappa shape index (κ1) is 10.7. The van der Waals surface area contributed by atoms with Crippen molar-refractivity contribution in [2.75, 3.05) is 18.0 Å². The van der Waals surface area contributed by atoms with Crippen LogP contribution in [0, 0.1) is 11.8 Å². The largest absolute Gasteiger partial charge is 0.573 e.